The number of nitrogens with one attached hydrogen (secondary N) is 1. The summed E-state index contributed by atoms with van der Waals surface area (Å²) in [5.41, 5.74) is 1.21. The van der Waals surface area contributed by atoms with Gasteiger partial charge in [-0.1, -0.05) is 43.2 Å². The zero-order chi connectivity index (χ0) is 15.4. The SMILES string of the molecule is O=C(O)NC1(C2CCN(Cc3ccccc3)CC2)CCCC1. The van der Waals surface area contributed by atoms with E-state index in [1.807, 2.05) is 0 Å². The van der Waals surface area contributed by atoms with E-state index in [1.54, 1.807) is 0 Å². The van der Waals surface area contributed by atoms with E-state index in [4.69, 9.17) is 0 Å². The highest BCUT2D eigenvalue weighted by Gasteiger charge is 2.43. The standard InChI is InChI=1S/C18H26N2O2/c21-17(22)19-18(10-4-5-11-18)16-8-12-20(13-9-16)14-15-6-2-1-3-7-15/h1-3,6-7,16,19H,4-5,8-14H2,(H,21,22). The van der Waals surface area contributed by atoms with Crippen molar-refractivity contribution in [1.82, 2.24) is 10.2 Å². The van der Waals surface area contributed by atoms with Crippen molar-refractivity contribution in [3.05, 3.63) is 35.9 Å². The highest BCUT2D eigenvalue weighted by molar-refractivity contribution is 5.65. The minimum absolute atomic E-state index is 0.148. The summed E-state index contributed by atoms with van der Waals surface area (Å²) in [6.07, 6.45) is 5.70. The molecule has 1 aromatic rings. The summed E-state index contributed by atoms with van der Waals surface area (Å²) in [4.78, 5) is 13.7. The molecular formula is C18H26N2O2. The molecule has 1 saturated carbocycles. The van der Waals surface area contributed by atoms with Crippen LogP contribution in [0.5, 0.6) is 0 Å². The molecule has 2 N–H and O–H groups in total. The fourth-order valence-corrected chi connectivity index (χ4v) is 4.34. The van der Waals surface area contributed by atoms with Gasteiger partial charge in [-0.15, -0.1) is 0 Å². The lowest BCUT2D eigenvalue weighted by Gasteiger charge is -2.42. The van der Waals surface area contributed by atoms with Crippen molar-refractivity contribution in [3.63, 3.8) is 0 Å². The number of carboxylic acid groups (broad SMARTS) is 1. The highest BCUT2D eigenvalue weighted by Crippen LogP contribution is 2.41. The monoisotopic (exact) mass is 302 g/mol. The van der Waals surface area contributed by atoms with Crippen LogP contribution in [0.4, 0.5) is 4.79 Å². The summed E-state index contributed by atoms with van der Waals surface area (Å²) in [5.74, 6) is 0.498. The lowest BCUT2D eigenvalue weighted by Crippen LogP contribution is -2.54. The van der Waals surface area contributed by atoms with E-state index in [1.165, 1.54) is 5.56 Å². The van der Waals surface area contributed by atoms with E-state index in [-0.39, 0.29) is 5.54 Å². The molecular weight excluding hydrogens is 276 g/mol. The molecule has 0 unspecified atom stereocenters. The van der Waals surface area contributed by atoms with E-state index in [2.05, 4.69) is 40.5 Å². The molecule has 0 bridgehead atoms. The Morgan fingerprint density at radius 3 is 2.41 bits per heavy atom. The second-order valence-corrected chi connectivity index (χ2v) is 6.83. The van der Waals surface area contributed by atoms with Gasteiger partial charge in [0.2, 0.25) is 0 Å². The minimum atomic E-state index is -0.853. The Hall–Kier alpha value is -1.55. The van der Waals surface area contributed by atoms with Crippen molar-refractivity contribution in [1.29, 1.82) is 0 Å². The molecule has 1 aromatic carbocycles. The van der Waals surface area contributed by atoms with Crippen molar-refractivity contribution in [2.24, 2.45) is 5.92 Å². The Balaban J connectivity index is 1.57. The number of carbonyl (C=O) groups is 1. The zero-order valence-corrected chi connectivity index (χ0v) is 13.1. The predicted octanol–water partition coefficient (Wildman–Crippen LogP) is 3.48. The van der Waals surface area contributed by atoms with Crippen LogP contribution < -0.4 is 5.32 Å². The molecule has 0 radical (unpaired) electrons. The van der Waals surface area contributed by atoms with Crippen molar-refractivity contribution in [2.75, 3.05) is 13.1 Å². The van der Waals surface area contributed by atoms with Crippen LogP contribution >= 0.6 is 0 Å². The van der Waals surface area contributed by atoms with Crippen molar-refractivity contribution in [2.45, 2.75) is 50.6 Å². The number of rotatable bonds is 4. The van der Waals surface area contributed by atoms with Crippen LogP contribution in [0.3, 0.4) is 0 Å². The normalized spacial score (nSPS) is 22.5. The van der Waals surface area contributed by atoms with Gasteiger partial charge < -0.3 is 10.4 Å². The number of hydrogen-bond donors (Lipinski definition) is 2. The Morgan fingerprint density at radius 1 is 1.18 bits per heavy atom. The van der Waals surface area contributed by atoms with Gasteiger partial charge in [0.05, 0.1) is 0 Å². The maximum absolute atomic E-state index is 11.2. The average molecular weight is 302 g/mol. The van der Waals surface area contributed by atoms with Crippen molar-refractivity contribution < 1.29 is 9.90 Å². The minimum Gasteiger partial charge on any atom is -0.465 e. The third-order valence-electron chi connectivity index (χ3n) is 5.47. The van der Waals surface area contributed by atoms with E-state index in [0.29, 0.717) is 5.92 Å². The lowest BCUT2D eigenvalue weighted by atomic mass is 9.76. The topological polar surface area (TPSA) is 52.6 Å². The molecule has 0 spiro atoms. The fraction of sp³-hybridized carbons (Fsp3) is 0.611. The number of hydrogen-bond acceptors (Lipinski definition) is 2. The average Bonchev–Trinajstić information content (AvgIpc) is 2.98. The van der Waals surface area contributed by atoms with Crippen LogP contribution in [0.1, 0.15) is 44.1 Å². The summed E-state index contributed by atoms with van der Waals surface area (Å²) in [5, 5.41) is 12.1. The molecule has 1 heterocycles. The second-order valence-electron chi connectivity index (χ2n) is 6.83. The first-order valence-corrected chi connectivity index (χ1v) is 8.45. The first kappa shape index (κ1) is 15.3. The van der Waals surface area contributed by atoms with Gasteiger partial charge in [0.25, 0.3) is 0 Å². The number of piperidine rings is 1. The Kier molecular flexibility index (Phi) is 4.67. The number of nitrogens with zero attached hydrogens (tertiary/aromatic N) is 1. The zero-order valence-electron chi connectivity index (χ0n) is 13.1. The van der Waals surface area contributed by atoms with Gasteiger partial charge in [-0.05, 0) is 50.3 Å². The molecule has 3 rings (SSSR count). The van der Waals surface area contributed by atoms with E-state index >= 15 is 0 Å². The van der Waals surface area contributed by atoms with Gasteiger partial charge in [-0.3, -0.25) is 4.90 Å². The van der Waals surface area contributed by atoms with Crippen molar-refractivity contribution in [3.8, 4) is 0 Å². The first-order chi connectivity index (χ1) is 10.7. The van der Waals surface area contributed by atoms with Gasteiger partial charge in [0, 0.05) is 12.1 Å². The summed E-state index contributed by atoms with van der Waals surface area (Å²) < 4.78 is 0. The summed E-state index contributed by atoms with van der Waals surface area (Å²) in [6, 6.07) is 10.6. The van der Waals surface area contributed by atoms with Gasteiger partial charge >= 0.3 is 6.09 Å². The maximum atomic E-state index is 11.2. The second kappa shape index (κ2) is 6.69. The lowest BCUT2D eigenvalue weighted by molar-refractivity contribution is 0.0988. The number of benzene rings is 1. The van der Waals surface area contributed by atoms with E-state index in [9.17, 15) is 9.90 Å². The molecule has 2 fully saturated rings. The Labute approximate surface area is 132 Å². The van der Waals surface area contributed by atoms with Crippen LogP contribution in [-0.2, 0) is 6.54 Å². The Morgan fingerprint density at radius 2 is 1.82 bits per heavy atom. The molecule has 1 aliphatic carbocycles. The van der Waals surface area contributed by atoms with E-state index < -0.39 is 6.09 Å². The molecule has 2 aliphatic rings. The molecule has 0 atom stereocenters. The largest absolute Gasteiger partial charge is 0.465 e. The van der Waals surface area contributed by atoms with E-state index in [0.717, 1.165) is 58.2 Å². The van der Waals surface area contributed by atoms with Gasteiger partial charge in [0.1, 0.15) is 0 Å². The molecule has 0 aromatic heterocycles. The fourth-order valence-electron chi connectivity index (χ4n) is 4.34. The smallest absolute Gasteiger partial charge is 0.405 e. The Bertz CT molecular complexity index is 489. The molecule has 1 amide bonds. The molecule has 22 heavy (non-hydrogen) atoms. The number of amides is 1. The molecule has 1 aliphatic heterocycles. The van der Waals surface area contributed by atoms with Gasteiger partial charge in [-0.25, -0.2) is 4.79 Å². The summed E-state index contributed by atoms with van der Waals surface area (Å²) in [6.45, 7) is 3.15. The number of likely N-dealkylation sites (tertiary alicyclic amines) is 1. The van der Waals surface area contributed by atoms with Crippen LogP contribution in [-0.4, -0.2) is 34.7 Å². The summed E-state index contributed by atoms with van der Waals surface area (Å²) in [7, 11) is 0. The predicted molar refractivity (Wildman–Crippen MR) is 86.8 cm³/mol. The van der Waals surface area contributed by atoms with Gasteiger partial charge in [-0.2, -0.15) is 0 Å². The quantitative estimate of drug-likeness (QED) is 0.895. The third kappa shape index (κ3) is 3.43. The maximum Gasteiger partial charge on any atom is 0.405 e. The molecule has 1 saturated heterocycles. The van der Waals surface area contributed by atoms with Crippen LogP contribution in [0.25, 0.3) is 0 Å². The van der Waals surface area contributed by atoms with Crippen molar-refractivity contribution >= 4 is 6.09 Å². The van der Waals surface area contributed by atoms with Gasteiger partial charge in [0.15, 0.2) is 0 Å². The first-order valence-electron chi connectivity index (χ1n) is 8.45. The highest BCUT2D eigenvalue weighted by atomic mass is 16.4. The molecule has 4 nitrogen and oxygen atoms in total. The molecule has 4 heteroatoms. The molecule has 120 valence electrons. The third-order valence-corrected chi connectivity index (χ3v) is 5.47. The van der Waals surface area contributed by atoms with Crippen LogP contribution in [0, 0.1) is 5.92 Å². The van der Waals surface area contributed by atoms with Crippen LogP contribution in [0.2, 0.25) is 0 Å². The summed E-state index contributed by atoms with van der Waals surface area (Å²) >= 11 is 0. The van der Waals surface area contributed by atoms with Crippen LogP contribution in [0.15, 0.2) is 30.3 Å².